The number of alkyl halides is 3. The number of rotatable bonds is 3. The molecule has 34 heavy (non-hydrogen) atoms. The van der Waals surface area contributed by atoms with Gasteiger partial charge < -0.3 is 20.2 Å². The van der Waals surface area contributed by atoms with E-state index in [1.54, 1.807) is 6.92 Å². The maximum Gasteiger partial charge on any atom is 0.490 e. The Morgan fingerprint density at radius 1 is 1.18 bits per heavy atom. The van der Waals surface area contributed by atoms with Crippen molar-refractivity contribution >= 4 is 29.5 Å². The van der Waals surface area contributed by atoms with Gasteiger partial charge in [-0.25, -0.2) is 9.59 Å². The summed E-state index contributed by atoms with van der Waals surface area (Å²) in [6.07, 6.45) is -2.23. The van der Waals surface area contributed by atoms with Crippen LogP contribution in [0.2, 0.25) is 5.02 Å². The maximum absolute atomic E-state index is 12.6. The summed E-state index contributed by atoms with van der Waals surface area (Å²) in [4.78, 5) is 39.5. The van der Waals surface area contributed by atoms with Gasteiger partial charge in [0.25, 0.3) is 0 Å². The van der Waals surface area contributed by atoms with Crippen LogP contribution in [0.25, 0.3) is 0 Å². The van der Waals surface area contributed by atoms with Gasteiger partial charge >= 0.3 is 18.2 Å². The number of likely N-dealkylation sites (tertiary alicyclic amines) is 2. The highest BCUT2D eigenvalue weighted by atomic mass is 35.5. The van der Waals surface area contributed by atoms with Crippen molar-refractivity contribution < 1.29 is 32.7 Å². The summed E-state index contributed by atoms with van der Waals surface area (Å²) in [5.74, 6) is -2.66. The average molecular weight is 505 g/mol. The summed E-state index contributed by atoms with van der Waals surface area (Å²) in [7, 11) is 0. The molecule has 2 unspecified atom stereocenters. The first-order valence-electron chi connectivity index (χ1n) is 11.1. The number of carbonyl (C=O) groups is 3. The number of urea groups is 1. The molecule has 2 atom stereocenters. The largest absolute Gasteiger partial charge is 0.490 e. The molecule has 12 heteroatoms. The molecule has 3 heterocycles. The van der Waals surface area contributed by atoms with Gasteiger partial charge in [-0.05, 0) is 37.0 Å². The first-order chi connectivity index (χ1) is 16.0. The van der Waals surface area contributed by atoms with E-state index in [1.165, 1.54) is 5.56 Å². The smallest absolute Gasteiger partial charge is 0.475 e. The minimum atomic E-state index is -5.08. The third-order valence-corrected chi connectivity index (χ3v) is 6.65. The molecule has 0 radical (unpaired) electrons. The lowest BCUT2D eigenvalue weighted by Gasteiger charge is -2.42. The summed E-state index contributed by atoms with van der Waals surface area (Å²) >= 11 is 6.09. The lowest BCUT2D eigenvalue weighted by Crippen LogP contribution is -2.55. The van der Waals surface area contributed by atoms with Crippen molar-refractivity contribution in [3.05, 3.63) is 34.9 Å². The third-order valence-electron chi connectivity index (χ3n) is 6.41. The van der Waals surface area contributed by atoms with E-state index >= 15 is 0 Å². The number of hydrogen-bond donors (Lipinski definition) is 2. The molecule has 0 aromatic heterocycles. The van der Waals surface area contributed by atoms with Crippen LogP contribution in [0.15, 0.2) is 24.3 Å². The fraction of sp³-hybridized carbons (Fsp3) is 0.591. The highest BCUT2D eigenvalue weighted by Gasteiger charge is 2.46. The van der Waals surface area contributed by atoms with Crippen molar-refractivity contribution in [1.29, 1.82) is 0 Å². The Morgan fingerprint density at radius 2 is 1.82 bits per heavy atom. The second kappa shape index (κ2) is 10.8. The van der Waals surface area contributed by atoms with Gasteiger partial charge in [0.2, 0.25) is 5.91 Å². The first kappa shape index (κ1) is 26.1. The highest BCUT2D eigenvalue weighted by molar-refractivity contribution is 6.30. The van der Waals surface area contributed by atoms with Gasteiger partial charge in [-0.15, -0.1) is 0 Å². The Kier molecular flexibility index (Phi) is 8.29. The van der Waals surface area contributed by atoms with E-state index in [4.69, 9.17) is 21.5 Å². The number of carbonyl (C=O) groups excluding carboxylic acids is 2. The van der Waals surface area contributed by atoms with Gasteiger partial charge in [-0.3, -0.25) is 9.69 Å². The van der Waals surface area contributed by atoms with Crippen LogP contribution in [-0.2, 0) is 16.1 Å². The van der Waals surface area contributed by atoms with E-state index < -0.39 is 12.1 Å². The molecular weight excluding hydrogens is 477 g/mol. The molecule has 3 saturated heterocycles. The first-order valence-corrected chi connectivity index (χ1v) is 11.4. The molecule has 0 bridgehead atoms. The molecule has 0 spiro atoms. The molecule has 3 aliphatic heterocycles. The van der Waals surface area contributed by atoms with E-state index in [9.17, 15) is 22.8 Å². The van der Waals surface area contributed by atoms with Gasteiger partial charge in [-0.1, -0.05) is 23.7 Å². The second-order valence-corrected chi connectivity index (χ2v) is 9.16. The summed E-state index contributed by atoms with van der Waals surface area (Å²) in [5, 5.41) is 11.0. The van der Waals surface area contributed by atoms with E-state index in [1.807, 2.05) is 23.1 Å². The third kappa shape index (κ3) is 6.53. The van der Waals surface area contributed by atoms with Crippen LogP contribution in [0.3, 0.4) is 0 Å². The minimum Gasteiger partial charge on any atom is -0.475 e. The quantitative estimate of drug-likeness (QED) is 0.660. The van der Waals surface area contributed by atoms with E-state index in [0.717, 1.165) is 50.5 Å². The van der Waals surface area contributed by atoms with E-state index in [2.05, 4.69) is 21.2 Å². The topological polar surface area (TPSA) is 93.2 Å². The summed E-state index contributed by atoms with van der Waals surface area (Å²) in [5.41, 5.74) is 1.23. The Morgan fingerprint density at radius 3 is 2.38 bits per heavy atom. The summed E-state index contributed by atoms with van der Waals surface area (Å²) in [6, 6.07) is 8.65. The Balaban J connectivity index is 0.000000406. The van der Waals surface area contributed by atoms with Crippen LogP contribution in [0.4, 0.5) is 18.0 Å². The lowest BCUT2D eigenvalue weighted by molar-refractivity contribution is -0.192. The molecule has 0 saturated carbocycles. The lowest BCUT2D eigenvalue weighted by atomic mass is 9.95. The molecule has 1 aromatic rings. The van der Waals surface area contributed by atoms with Crippen molar-refractivity contribution in [3.8, 4) is 0 Å². The molecular formula is C22H28ClF3N4O4. The number of halogens is 4. The van der Waals surface area contributed by atoms with Crippen molar-refractivity contribution in [2.24, 2.45) is 0 Å². The Bertz CT molecular complexity index is 908. The zero-order chi connectivity index (χ0) is 25.0. The monoisotopic (exact) mass is 504 g/mol. The molecule has 2 N–H and O–H groups in total. The maximum atomic E-state index is 12.6. The van der Waals surface area contributed by atoms with Crippen LogP contribution in [0, 0.1) is 0 Å². The number of amides is 3. The molecule has 1 aromatic carbocycles. The van der Waals surface area contributed by atoms with E-state index in [-0.39, 0.29) is 24.0 Å². The van der Waals surface area contributed by atoms with Crippen molar-refractivity contribution in [2.75, 3.05) is 26.2 Å². The number of benzene rings is 1. The predicted octanol–water partition coefficient (Wildman–Crippen LogP) is 2.95. The molecule has 3 fully saturated rings. The number of carboxylic acids is 1. The Hall–Kier alpha value is -2.53. The van der Waals surface area contributed by atoms with Gasteiger partial charge in [0, 0.05) is 50.7 Å². The Labute approximate surface area is 200 Å². The van der Waals surface area contributed by atoms with Crippen LogP contribution in [-0.4, -0.2) is 88.2 Å². The molecule has 3 amide bonds. The number of fused-ring (bicyclic) bond motifs is 1. The SMILES string of the molecule is CC(=O)N1CCC2C(C1)NC(=O)N2C1CCN(Cc2cccc(Cl)c2)CC1.O=C(O)C(F)(F)F. The molecule has 4 rings (SSSR count). The number of carboxylic acid groups (broad SMARTS) is 1. The average Bonchev–Trinajstić information content (AvgIpc) is 3.09. The van der Waals surface area contributed by atoms with Crippen molar-refractivity contribution in [2.45, 2.75) is 57.0 Å². The number of nitrogens with one attached hydrogen (secondary N) is 1. The van der Waals surface area contributed by atoms with E-state index in [0.29, 0.717) is 12.6 Å². The molecule has 3 aliphatic rings. The predicted molar refractivity (Wildman–Crippen MR) is 118 cm³/mol. The van der Waals surface area contributed by atoms with Crippen LogP contribution < -0.4 is 5.32 Å². The molecule has 0 aliphatic carbocycles. The van der Waals surface area contributed by atoms with Crippen LogP contribution in [0.5, 0.6) is 0 Å². The number of aliphatic carboxylic acids is 1. The normalized spacial score (nSPS) is 23.6. The van der Waals surface area contributed by atoms with Gasteiger partial charge in [0.05, 0.1) is 12.1 Å². The minimum absolute atomic E-state index is 0.0451. The second-order valence-electron chi connectivity index (χ2n) is 8.72. The van der Waals surface area contributed by atoms with Gasteiger partial charge in [-0.2, -0.15) is 13.2 Å². The molecule has 188 valence electrons. The zero-order valence-electron chi connectivity index (χ0n) is 18.7. The van der Waals surface area contributed by atoms with Crippen LogP contribution in [0.1, 0.15) is 31.7 Å². The van der Waals surface area contributed by atoms with Crippen molar-refractivity contribution in [3.63, 3.8) is 0 Å². The van der Waals surface area contributed by atoms with Crippen molar-refractivity contribution in [1.82, 2.24) is 20.0 Å². The fourth-order valence-corrected chi connectivity index (χ4v) is 4.98. The number of nitrogens with zero attached hydrogens (tertiary/aromatic N) is 3. The van der Waals surface area contributed by atoms with Gasteiger partial charge in [0.15, 0.2) is 0 Å². The number of piperidine rings is 2. The molecule has 8 nitrogen and oxygen atoms in total. The standard InChI is InChI=1S/C20H27ClN4O2.C2HF3O2/c1-14(26)24-10-7-19-18(13-24)22-20(27)25(19)17-5-8-23(9-6-17)12-15-3-2-4-16(21)11-15;3-2(4,5)1(6)7/h2-4,11,17-19H,5-10,12-13H2,1H3,(H,22,27);(H,6,7). The van der Waals surface area contributed by atoms with Crippen LogP contribution >= 0.6 is 11.6 Å². The zero-order valence-corrected chi connectivity index (χ0v) is 19.5. The summed E-state index contributed by atoms with van der Waals surface area (Å²) in [6.45, 7) is 5.85. The highest BCUT2D eigenvalue weighted by Crippen LogP contribution is 2.29. The fourth-order valence-electron chi connectivity index (χ4n) is 4.77. The van der Waals surface area contributed by atoms with Gasteiger partial charge in [0.1, 0.15) is 0 Å². The number of hydrogen-bond acceptors (Lipinski definition) is 4. The summed E-state index contributed by atoms with van der Waals surface area (Å²) < 4.78 is 31.7.